The summed E-state index contributed by atoms with van der Waals surface area (Å²) < 4.78 is 11.5. The second-order valence-electron chi connectivity index (χ2n) is 4.14. The van der Waals surface area contributed by atoms with Crippen LogP contribution in [0.15, 0.2) is 40.9 Å². The molecule has 0 aliphatic rings. The third-order valence-electron chi connectivity index (χ3n) is 2.94. The molecule has 2 aromatic carbocycles. The van der Waals surface area contributed by atoms with Gasteiger partial charge in [0, 0.05) is 15.1 Å². The molecule has 5 heteroatoms. The SMILES string of the molecule is COc1ccc(OC)c(C(Cl)c2cc(Br)ccc2Cl)c1. The molecule has 0 saturated carbocycles. The highest BCUT2D eigenvalue weighted by Crippen LogP contribution is 2.40. The zero-order chi connectivity index (χ0) is 14.7. The van der Waals surface area contributed by atoms with Crippen molar-refractivity contribution in [2.75, 3.05) is 14.2 Å². The Labute approximate surface area is 136 Å². The van der Waals surface area contributed by atoms with Gasteiger partial charge in [-0.05, 0) is 42.0 Å². The minimum atomic E-state index is -0.426. The smallest absolute Gasteiger partial charge is 0.124 e. The van der Waals surface area contributed by atoms with Gasteiger partial charge in [-0.3, -0.25) is 0 Å². The van der Waals surface area contributed by atoms with Crippen LogP contribution in [0, 0.1) is 0 Å². The lowest BCUT2D eigenvalue weighted by Crippen LogP contribution is -1.99. The van der Waals surface area contributed by atoms with Crippen LogP contribution in [-0.2, 0) is 0 Å². The lowest BCUT2D eigenvalue weighted by atomic mass is 10.0. The minimum absolute atomic E-state index is 0.426. The molecule has 20 heavy (non-hydrogen) atoms. The second-order valence-corrected chi connectivity index (χ2v) is 5.90. The van der Waals surface area contributed by atoms with Gasteiger partial charge in [-0.15, -0.1) is 11.6 Å². The summed E-state index contributed by atoms with van der Waals surface area (Å²) in [5.41, 5.74) is 1.63. The Bertz CT molecular complexity index is 617. The van der Waals surface area contributed by atoms with Crippen LogP contribution in [0.1, 0.15) is 16.5 Å². The van der Waals surface area contributed by atoms with E-state index in [9.17, 15) is 0 Å². The van der Waals surface area contributed by atoms with Crippen molar-refractivity contribution in [3.05, 3.63) is 57.0 Å². The van der Waals surface area contributed by atoms with Crippen molar-refractivity contribution in [2.24, 2.45) is 0 Å². The van der Waals surface area contributed by atoms with E-state index in [0.29, 0.717) is 10.8 Å². The summed E-state index contributed by atoms with van der Waals surface area (Å²) in [4.78, 5) is 0. The van der Waals surface area contributed by atoms with Crippen molar-refractivity contribution >= 4 is 39.1 Å². The van der Waals surface area contributed by atoms with E-state index in [1.165, 1.54) is 0 Å². The first-order chi connectivity index (χ1) is 9.56. The fourth-order valence-corrected chi connectivity index (χ4v) is 2.93. The number of halogens is 3. The largest absolute Gasteiger partial charge is 0.497 e. The zero-order valence-electron chi connectivity index (χ0n) is 11.0. The fourth-order valence-electron chi connectivity index (χ4n) is 1.91. The molecule has 0 aromatic heterocycles. The van der Waals surface area contributed by atoms with Crippen LogP contribution in [0.2, 0.25) is 5.02 Å². The predicted octanol–water partition coefficient (Wildman–Crippen LogP) is 5.45. The Kier molecular flexibility index (Phi) is 5.19. The summed E-state index contributed by atoms with van der Waals surface area (Å²) in [6.07, 6.45) is 0. The van der Waals surface area contributed by atoms with Crippen molar-refractivity contribution in [3.63, 3.8) is 0 Å². The molecule has 0 fully saturated rings. The first kappa shape index (κ1) is 15.5. The van der Waals surface area contributed by atoms with Gasteiger partial charge in [0.2, 0.25) is 0 Å². The number of ether oxygens (including phenoxy) is 2. The standard InChI is InChI=1S/C15H13BrCl2O2/c1-19-10-4-6-14(20-2)12(8-10)15(18)11-7-9(16)3-5-13(11)17/h3-8,15H,1-2H3. The molecule has 2 rings (SSSR count). The van der Waals surface area contributed by atoms with Gasteiger partial charge in [0.05, 0.1) is 19.6 Å². The maximum Gasteiger partial charge on any atom is 0.124 e. The Balaban J connectivity index is 2.51. The van der Waals surface area contributed by atoms with Gasteiger partial charge in [-0.25, -0.2) is 0 Å². The quantitative estimate of drug-likeness (QED) is 0.661. The van der Waals surface area contributed by atoms with E-state index < -0.39 is 5.38 Å². The average molecular weight is 376 g/mol. The highest BCUT2D eigenvalue weighted by Gasteiger charge is 2.19. The van der Waals surface area contributed by atoms with E-state index in [4.69, 9.17) is 32.7 Å². The summed E-state index contributed by atoms with van der Waals surface area (Å²) in [5, 5.41) is 0.183. The zero-order valence-corrected chi connectivity index (χ0v) is 14.1. The number of rotatable bonds is 4. The van der Waals surface area contributed by atoms with Gasteiger partial charge >= 0.3 is 0 Å². The van der Waals surface area contributed by atoms with Crippen LogP contribution in [0.25, 0.3) is 0 Å². The summed E-state index contributed by atoms with van der Waals surface area (Å²) >= 11 is 16.2. The molecule has 0 amide bonds. The van der Waals surface area contributed by atoms with Gasteiger partial charge in [-0.1, -0.05) is 27.5 Å². The van der Waals surface area contributed by atoms with E-state index in [1.807, 2.05) is 36.4 Å². The Morgan fingerprint density at radius 1 is 1.00 bits per heavy atom. The number of alkyl halides is 1. The van der Waals surface area contributed by atoms with E-state index in [0.717, 1.165) is 21.3 Å². The van der Waals surface area contributed by atoms with E-state index in [2.05, 4.69) is 15.9 Å². The normalized spacial score (nSPS) is 12.1. The lowest BCUT2D eigenvalue weighted by Gasteiger charge is -2.17. The molecule has 0 saturated heterocycles. The predicted molar refractivity (Wildman–Crippen MR) is 86.4 cm³/mol. The molecular weight excluding hydrogens is 363 g/mol. The van der Waals surface area contributed by atoms with Gasteiger partial charge in [-0.2, -0.15) is 0 Å². The summed E-state index contributed by atoms with van der Waals surface area (Å²) in [7, 11) is 3.22. The third-order valence-corrected chi connectivity index (χ3v) is 4.25. The molecule has 0 aliphatic heterocycles. The van der Waals surface area contributed by atoms with Crippen molar-refractivity contribution < 1.29 is 9.47 Å². The van der Waals surface area contributed by atoms with Crippen molar-refractivity contribution in [1.82, 2.24) is 0 Å². The van der Waals surface area contributed by atoms with Crippen molar-refractivity contribution in [1.29, 1.82) is 0 Å². The molecule has 0 radical (unpaired) electrons. The van der Waals surface area contributed by atoms with Crippen molar-refractivity contribution in [2.45, 2.75) is 5.38 Å². The Morgan fingerprint density at radius 2 is 1.75 bits per heavy atom. The van der Waals surface area contributed by atoms with E-state index in [1.54, 1.807) is 14.2 Å². The summed E-state index contributed by atoms with van der Waals surface area (Å²) in [5.74, 6) is 1.42. The first-order valence-electron chi connectivity index (χ1n) is 5.87. The molecule has 106 valence electrons. The number of hydrogen-bond donors (Lipinski definition) is 0. The molecule has 0 N–H and O–H groups in total. The van der Waals surface area contributed by atoms with Crippen LogP contribution >= 0.6 is 39.1 Å². The number of benzene rings is 2. The van der Waals surface area contributed by atoms with Crippen LogP contribution in [0.4, 0.5) is 0 Å². The Hall–Kier alpha value is -0.900. The van der Waals surface area contributed by atoms with Crippen LogP contribution in [0.5, 0.6) is 11.5 Å². The monoisotopic (exact) mass is 374 g/mol. The first-order valence-corrected chi connectivity index (χ1v) is 7.48. The fraction of sp³-hybridized carbons (Fsp3) is 0.200. The topological polar surface area (TPSA) is 18.5 Å². The molecule has 0 aliphatic carbocycles. The third kappa shape index (κ3) is 3.22. The van der Waals surface area contributed by atoms with Gasteiger partial charge in [0.25, 0.3) is 0 Å². The van der Waals surface area contributed by atoms with Gasteiger partial charge < -0.3 is 9.47 Å². The maximum absolute atomic E-state index is 6.58. The molecule has 2 nitrogen and oxygen atoms in total. The summed E-state index contributed by atoms with van der Waals surface area (Å²) in [6.45, 7) is 0. The highest BCUT2D eigenvalue weighted by atomic mass is 79.9. The van der Waals surface area contributed by atoms with Gasteiger partial charge in [0.1, 0.15) is 11.5 Å². The average Bonchev–Trinajstić information content (AvgIpc) is 2.48. The van der Waals surface area contributed by atoms with E-state index in [-0.39, 0.29) is 0 Å². The van der Waals surface area contributed by atoms with Crippen LogP contribution in [-0.4, -0.2) is 14.2 Å². The van der Waals surface area contributed by atoms with Gasteiger partial charge in [0.15, 0.2) is 0 Å². The minimum Gasteiger partial charge on any atom is -0.497 e. The molecular formula is C15H13BrCl2O2. The number of methoxy groups -OCH3 is 2. The number of hydrogen-bond acceptors (Lipinski definition) is 2. The molecule has 1 unspecified atom stereocenters. The van der Waals surface area contributed by atoms with Crippen molar-refractivity contribution in [3.8, 4) is 11.5 Å². The Morgan fingerprint density at radius 3 is 2.40 bits per heavy atom. The summed E-state index contributed by atoms with van der Waals surface area (Å²) in [6, 6.07) is 11.1. The molecule has 0 spiro atoms. The second kappa shape index (κ2) is 6.70. The molecule has 0 heterocycles. The molecule has 1 atom stereocenters. The van der Waals surface area contributed by atoms with Crippen LogP contribution < -0.4 is 9.47 Å². The highest BCUT2D eigenvalue weighted by molar-refractivity contribution is 9.10. The molecule has 0 bridgehead atoms. The van der Waals surface area contributed by atoms with E-state index >= 15 is 0 Å². The van der Waals surface area contributed by atoms with Crippen LogP contribution in [0.3, 0.4) is 0 Å². The maximum atomic E-state index is 6.58. The molecule has 2 aromatic rings. The lowest BCUT2D eigenvalue weighted by molar-refractivity contribution is 0.399.